The molecule has 1 unspecified atom stereocenters. The predicted molar refractivity (Wildman–Crippen MR) is 129 cm³/mol. The van der Waals surface area contributed by atoms with Gasteiger partial charge in [-0.25, -0.2) is 14.2 Å². The molecule has 0 spiro atoms. The van der Waals surface area contributed by atoms with E-state index in [1.807, 2.05) is 19.1 Å². The van der Waals surface area contributed by atoms with Gasteiger partial charge in [0.1, 0.15) is 23.4 Å². The number of rotatable bonds is 5. The maximum Gasteiger partial charge on any atom is 0.325 e. The van der Waals surface area contributed by atoms with Crippen molar-refractivity contribution in [2.45, 2.75) is 19.4 Å². The number of aryl methyl sites for hydroxylation is 1. The second kappa shape index (κ2) is 8.35. The van der Waals surface area contributed by atoms with E-state index in [0.717, 1.165) is 10.5 Å². The summed E-state index contributed by atoms with van der Waals surface area (Å²) in [4.78, 5) is 46.4. The number of amides is 4. The van der Waals surface area contributed by atoms with Gasteiger partial charge in [-0.3, -0.25) is 14.5 Å². The quantitative estimate of drug-likeness (QED) is 0.381. The molecule has 5 rings (SSSR count). The smallest absolute Gasteiger partial charge is 0.325 e. The zero-order valence-corrected chi connectivity index (χ0v) is 19.1. The summed E-state index contributed by atoms with van der Waals surface area (Å²) in [6, 6.07) is 18.2. The van der Waals surface area contributed by atoms with Crippen molar-refractivity contribution in [2.75, 3.05) is 11.9 Å². The van der Waals surface area contributed by atoms with Crippen LogP contribution in [0.3, 0.4) is 0 Å². The van der Waals surface area contributed by atoms with Crippen molar-refractivity contribution in [1.82, 2.24) is 20.2 Å². The molecule has 35 heavy (non-hydrogen) atoms. The van der Waals surface area contributed by atoms with Crippen molar-refractivity contribution >= 4 is 34.6 Å². The highest BCUT2D eigenvalue weighted by molar-refractivity contribution is 6.10. The number of carbonyl (C=O) groups excluding carboxylic acids is 3. The lowest BCUT2D eigenvalue weighted by atomic mass is 9.91. The third kappa shape index (κ3) is 4.01. The fourth-order valence-corrected chi connectivity index (χ4v) is 4.11. The fourth-order valence-electron chi connectivity index (χ4n) is 4.11. The van der Waals surface area contributed by atoms with Gasteiger partial charge in [-0.15, -0.1) is 0 Å². The molecular weight excluding hydrogens is 449 g/mol. The van der Waals surface area contributed by atoms with Gasteiger partial charge < -0.3 is 15.6 Å². The molecule has 4 aromatic rings. The van der Waals surface area contributed by atoms with Crippen LogP contribution in [0.5, 0.6) is 0 Å². The van der Waals surface area contributed by atoms with Crippen LogP contribution in [0.2, 0.25) is 0 Å². The number of nitrogens with zero attached hydrogens (tertiary/aromatic N) is 2. The Kier molecular flexibility index (Phi) is 5.32. The maximum absolute atomic E-state index is 13.9. The lowest BCUT2D eigenvalue weighted by molar-refractivity contribution is -0.133. The molecule has 1 saturated heterocycles. The number of aromatic amines is 1. The number of imidazole rings is 1. The van der Waals surface area contributed by atoms with Gasteiger partial charge in [-0.05, 0) is 55.8 Å². The van der Waals surface area contributed by atoms with Crippen molar-refractivity contribution in [3.8, 4) is 11.4 Å². The topological polar surface area (TPSA) is 107 Å². The number of urea groups is 1. The van der Waals surface area contributed by atoms with Crippen molar-refractivity contribution < 1.29 is 18.8 Å². The minimum atomic E-state index is -1.24. The Morgan fingerprint density at radius 3 is 2.46 bits per heavy atom. The average molecular weight is 471 g/mol. The molecule has 3 aromatic carbocycles. The van der Waals surface area contributed by atoms with Gasteiger partial charge in [0.25, 0.3) is 5.91 Å². The maximum atomic E-state index is 13.9. The number of carbonyl (C=O) groups is 3. The first-order chi connectivity index (χ1) is 16.7. The second-order valence-electron chi connectivity index (χ2n) is 8.66. The Hall–Kier alpha value is -4.53. The second-order valence-corrected chi connectivity index (χ2v) is 8.66. The highest BCUT2D eigenvalue weighted by atomic mass is 19.1. The number of benzene rings is 3. The van der Waals surface area contributed by atoms with E-state index < -0.39 is 35.7 Å². The van der Waals surface area contributed by atoms with Crippen LogP contribution in [0.25, 0.3) is 22.4 Å². The largest absolute Gasteiger partial charge is 0.338 e. The van der Waals surface area contributed by atoms with E-state index in [2.05, 4.69) is 20.6 Å². The number of hydrogen-bond donors (Lipinski definition) is 3. The van der Waals surface area contributed by atoms with Crippen LogP contribution in [0.1, 0.15) is 18.1 Å². The molecule has 1 aliphatic rings. The van der Waals surface area contributed by atoms with E-state index in [0.29, 0.717) is 28.2 Å². The summed E-state index contributed by atoms with van der Waals surface area (Å²) < 4.78 is 13.9. The van der Waals surface area contributed by atoms with Gasteiger partial charge >= 0.3 is 6.03 Å². The Morgan fingerprint density at radius 2 is 1.77 bits per heavy atom. The first kappa shape index (κ1) is 22.3. The lowest BCUT2D eigenvalue weighted by Gasteiger charge is -2.22. The first-order valence-corrected chi connectivity index (χ1v) is 11.0. The number of para-hydroxylation sites is 1. The van der Waals surface area contributed by atoms with Crippen LogP contribution in [0, 0.1) is 12.7 Å². The molecule has 0 radical (unpaired) electrons. The molecule has 1 aliphatic heterocycles. The van der Waals surface area contributed by atoms with Gasteiger partial charge in [0.05, 0.1) is 5.52 Å². The Morgan fingerprint density at radius 1 is 1.06 bits per heavy atom. The van der Waals surface area contributed by atoms with Crippen LogP contribution in [-0.2, 0) is 15.1 Å². The SMILES string of the molecule is Cc1ccc(C2(C)NC(=O)N(CC(=O)Nc3ccc(-c4nc5c(F)cccc5[nH]4)cc3)C2=O)cc1. The van der Waals surface area contributed by atoms with Gasteiger partial charge in [0, 0.05) is 11.3 Å². The highest BCUT2D eigenvalue weighted by Gasteiger charge is 2.49. The summed E-state index contributed by atoms with van der Waals surface area (Å²) in [5, 5.41) is 5.39. The minimum absolute atomic E-state index is 0.256. The van der Waals surface area contributed by atoms with Crippen molar-refractivity contribution in [3.05, 3.63) is 83.7 Å². The van der Waals surface area contributed by atoms with Gasteiger partial charge in [-0.2, -0.15) is 0 Å². The molecular formula is C26H22FN5O3. The van der Waals surface area contributed by atoms with Crippen LogP contribution >= 0.6 is 0 Å². The summed E-state index contributed by atoms with van der Waals surface area (Å²) in [6.45, 7) is 3.13. The fraction of sp³-hybridized carbons (Fsp3) is 0.154. The summed E-state index contributed by atoms with van der Waals surface area (Å²) in [6.07, 6.45) is 0. The summed E-state index contributed by atoms with van der Waals surface area (Å²) in [7, 11) is 0. The normalized spacial score (nSPS) is 17.6. The van der Waals surface area contributed by atoms with Crippen LogP contribution in [0.4, 0.5) is 14.9 Å². The van der Waals surface area contributed by atoms with Crippen molar-refractivity contribution in [1.29, 1.82) is 0 Å². The van der Waals surface area contributed by atoms with Crippen molar-refractivity contribution in [3.63, 3.8) is 0 Å². The van der Waals surface area contributed by atoms with Gasteiger partial charge in [0.2, 0.25) is 5.91 Å². The Labute approximate surface area is 200 Å². The molecule has 1 aromatic heterocycles. The number of aromatic nitrogens is 2. The van der Waals surface area contributed by atoms with Gasteiger partial charge in [0.15, 0.2) is 5.82 Å². The lowest BCUT2D eigenvalue weighted by Crippen LogP contribution is -2.42. The van der Waals surface area contributed by atoms with Gasteiger partial charge in [-0.1, -0.05) is 35.9 Å². The molecule has 1 fully saturated rings. The summed E-state index contributed by atoms with van der Waals surface area (Å²) in [5.74, 6) is -0.917. The number of H-pyrrole nitrogens is 1. The van der Waals surface area contributed by atoms with Crippen LogP contribution < -0.4 is 10.6 Å². The van der Waals surface area contributed by atoms with E-state index >= 15 is 0 Å². The van der Waals surface area contributed by atoms with E-state index in [1.54, 1.807) is 55.5 Å². The van der Waals surface area contributed by atoms with E-state index in [4.69, 9.17) is 0 Å². The molecule has 8 nitrogen and oxygen atoms in total. The molecule has 0 bridgehead atoms. The number of hydrogen-bond acceptors (Lipinski definition) is 4. The molecule has 0 saturated carbocycles. The van der Waals surface area contributed by atoms with E-state index in [1.165, 1.54) is 6.07 Å². The van der Waals surface area contributed by atoms with E-state index in [9.17, 15) is 18.8 Å². The third-order valence-corrected chi connectivity index (χ3v) is 6.11. The Bertz CT molecular complexity index is 1460. The molecule has 0 aliphatic carbocycles. The molecule has 2 heterocycles. The Balaban J connectivity index is 1.27. The molecule has 9 heteroatoms. The van der Waals surface area contributed by atoms with Crippen molar-refractivity contribution in [2.24, 2.45) is 0 Å². The summed E-state index contributed by atoms with van der Waals surface area (Å²) >= 11 is 0. The molecule has 1 atom stereocenters. The molecule has 176 valence electrons. The predicted octanol–water partition coefficient (Wildman–Crippen LogP) is 4.08. The summed E-state index contributed by atoms with van der Waals surface area (Å²) in [5.41, 5.74) is 2.47. The van der Waals surface area contributed by atoms with E-state index in [-0.39, 0.29) is 5.52 Å². The first-order valence-electron chi connectivity index (χ1n) is 11.0. The average Bonchev–Trinajstić information content (AvgIpc) is 3.36. The zero-order valence-electron chi connectivity index (χ0n) is 19.1. The number of nitrogens with one attached hydrogen (secondary N) is 3. The third-order valence-electron chi connectivity index (χ3n) is 6.11. The number of imide groups is 1. The van der Waals surface area contributed by atoms with Crippen LogP contribution in [0.15, 0.2) is 66.7 Å². The highest BCUT2D eigenvalue weighted by Crippen LogP contribution is 2.29. The number of halogens is 1. The number of fused-ring (bicyclic) bond motifs is 1. The monoisotopic (exact) mass is 471 g/mol. The molecule has 3 N–H and O–H groups in total. The molecule has 4 amide bonds. The number of anilines is 1. The van der Waals surface area contributed by atoms with Crippen LogP contribution in [-0.4, -0.2) is 39.3 Å². The minimum Gasteiger partial charge on any atom is -0.338 e. The zero-order chi connectivity index (χ0) is 24.7. The standard InChI is InChI=1S/C26H22FN5O3/c1-15-6-10-17(11-7-15)26(2)24(34)32(25(35)31-26)14-21(33)28-18-12-8-16(9-13-18)23-29-20-5-3-4-19(27)22(20)30-23/h3-13H,14H2,1-2H3,(H,28,33)(H,29,30)(H,31,35).